The number of nitrogens with zero attached hydrogens (tertiary/aromatic N) is 1. The van der Waals surface area contributed by atoms with Crippen LogP contribution in [0.5, 0.6) is 0 Å². The molecule has 0 bridgehead atoms. The molecule has 2 amide bonds. The minimum atomic E-state index is -0.510. The molecule has 0 spiro atoms. The molecule has 19 heavy (non-hydrogen) atoms. The first-order valence-electron chi connectivity index (χ1n) is 6.60. The van der Waals surface area contributed by atoms with Gasteiger partial charge < -0.3 is 4.74 Å². The Labute approximate surface area is 112 Å². The standard InChI is InChI=1S/C15H17NO3/c1-4-11(17)16-13-12(19-14(16)18)9-7-5-6-8-10(9)15(13,2)3/h5-8,12-13H,4H2,1-3H3/t12-,13-/m0/s1. The van der Waals surface area contributed by atoms with Crippen molar-refractivity contribution in [1.29, 1.82) is 0 Å². The zero-order valence-electron chi connectivity index (χ0n) is 11.3. The third-order valence-corrected chi connectivity index (χ3v) is 4.26. The van der Waals surface area contributed by atoms with Crippen molar-refractivity contribution in [3.05, 3.63) is 35.4 Å². The van der Waals surface area contributed by atoms with Crippen molar-refractivity contribution in [2.75, 3.05) is 0 Å². The van der Waals surface area contributed by atoms with Crippen LogP contribution in [0.1, 0.15) is 44.4 Å². The van der Waals surface area contributed by atoms with Crippen LogP contribution in [0.25, 0.3) is 0 Å². The summed E-state index contributed by atoms with van der Waals surface area (Å²) in [7, 11) is 0. The molecule has 2 atom stereocenters. The van der Waals surface area contributed by atoms with Crippen LogP contribution < -0.4 is 0 Å². The molecule has 100 valence electrons. The molecule has 1 aromatic carbocycles. The highest BCUT2D eigenvalue weighted by molar-refractivity contribution is 5.94. The van der Waals surface area contributed by atoms with Crippen LogP contribution in [0.2, 0.25) is 0 Å². The summed E-state index contributed by atoms with van der Waals surface area (Å²) >= 11 is 0. The van der Waals surface area contributed by atoms with E-state index in [-0.39, 0.29) is 23.5 Å². The molecule has 1 aliphatic carbocycles. The number of carbonyl (C=O) groups excluding carboxylic acids is 2. The summed E-state index contributed by atoms with van der Waals surface area (Å²) < 4.78 is 5.45. The van der Waals surface area contributed by atoms with Gasteiger partial charge in [0.2, 0.25) is 5.91 Å². The van der Waals surface area contributed by atoms with Crippen molar-refractivity contribution in [3.63, 3.8) is 0 Å². The summed E-state index contributed by atoms with van der Waals surface area (Å²) in [4.78, 5) is 25.3. The van der Waals surface area contributed by atoms with Crippen molar-refractivity contribution in [2.24, 2.45) is 0 Å². The molecule has 0 unspecified atom stereocenters. The molecule has 1 fully saturated rings. The van der Waals surface area contributed by atoms with E-state index in [4.69, 9.17) is 4.74 Å². The van der Waals surface area contributed by atoms with Gasteiger partial charge in [0.1, 0.15) is 0 Å². The maximum atomic E-state index is 12.0. The van der Waals surface area contributed by atoms with Gasteiger partial charge in [-0.3, -0.25) is 4.79 Å². The maximum absolute atomic E-state index is 12.0. The monoisotopic (exact) mass is 259 g/mol. The summed E-state index contributed by atoms with van der Waals surface area (Å²) in [6.07, 6.45) is -0.524. The molecule has 1 aromatic rings. The van der Waals surface area contributed by atoms with Crippen LogP contribution in [0.15, 0.2) is 24.3 Å². The van der Waals surface area contributed by atoms with Gasteiger partial charge in [-0.05, 0) is 11.1 Å². The molecule has 0 N–H and O–H groups in total. The van der Waals surface area contributed by atoms with E-state index in [0.29, 0.717) is 6.42 Å². The van der Waals surface area contributed by atoms with Crippen molar-refractivity contribution in [1.82, 2.24) is 4.90 Å². The zero-order chi connectivity index (χ0) is 13.8. The number of benzene rings is 1. The Morgan fingerprint density at radius 1 is 1.37 bits per heavy atom. The van der Waals surface area contributed by atoms with Gasteiger partial charge >= 0.3 is 6.09 Å². The first-order valence-corrected chi connectivity index (χ1v) is 6.60. The second-order valence-corrected chi connectivity index (χ2v) is 5.68. The van der Waals surface area contributed by atoms with Crippen LogP contribution in [-0.2, 0) is 14.9 Å². The van der Waals surface area contributed by atoms with E-state index in [1.54, 1.807) is 6.92 Å². The minimum absolute atomic E-state index is 0.168. The molecular formula is C15H17NO3. The highest BCUT2D eigenvalue weighted by atomic mass is 16.6. The average Bonchev–Trinajstić information content (AvgIpc) is 2.84. The number of carbonyl (C=O) groups is 2. The number of rotatable bonds is 1. The second-order valence-electron chi connectivity index (χ2n) is 5.68. The highest BCUT2D eigenvalue weighted by Crippen LogP contribution is 2.52. The molecule has 1 saturated heterocycles. The summed E-state index contributed by atoms with van der Waals surface area (Å²) in [5.74, 6) is -0.168. The molecular weight excluding hydrogens is 242 g/mol. The average molecular weight is 259 g/mol. The maximum Gasteiger partial charge on any atom is 0.417 e. The predicted molar refractivity (Wildman–Crippen MR) is 69.6 cm³/mol. The van der Waals surface area contributed by atoms with E-state index < -0.39 is 6.09 Å². The summed E-state index contributed by atoms with van der Waals surface area (Å²) in [6.45, 7) is 5.89. The second kappa shape index (κ2) is 3.83. The quantitative estimate of drug-likeness (QED) is 0.779. The van der Waals surface area contributed by atoms with Gasteiger partial charge in [0.15, 0.2) is 6.10 Å². The number of hydrogen-bond acceptors (Lipinski definition) is 3. The first-order chi connectivity index (χ1) is 8.98. The topological polar surface area (TPSA) is 46.6 Å². The predicted octanol–water partition coefficient (Wildman–Crippen LogP) is 2.78. The van der Waals surface area contributed by atoms with E-state index in [1.807, 2.05) is 18.2 Å². The number of amides is 2. The van der Waals surface area contributed by atoms with Crippen LogP contribution in [0.4, 0.5) is 4.79 Å². The smallest absolute Gasteiger partial charge is 0.417 e. The molecule has 4 heteroatoms. The Morgan fingerprint density at radius 3 is 2.74 bits per heavy atom. The van der Waals surface area contributed by atoms with Crippen LogP contribution in [0.3, 0.4) is 0 Å². The lowest BCUT2D eigenvalue weighted by Gasteiger charge is -2.31. The van der Waals surface area contributed by atoms with Gasteiger partial charge in [0.05, 0.1) is 6.04 Å². The van der Waals surface area contributed by atoms with E-state index in [1.165, 1.54) is 4.90 Å². The fourth-order valence-electron chi connectivity index (χ4n) is 3.33. The zero-order valence-corrected chi connectivity index (χ0v) is 11.3. The SMILES string of the molecule is CCC(=O)N1C(=O)O[C@H]2c3ccccc3C(C)(C)[C@H]21. The van der Waals surface area contributed by atoms with E-state index in [2.05, 4.69) is 19.9 Å². The lowest BCUT2D eigenvalue weighted by molar-refractivity contribution is -0.129. The van der Waals surface area contributed by atoms with E-state index in [0.717, 1.165) is 11.1 Å². The van der Waals surface area contributed by atoms with Gasteiger partial charge in [-0.2, -0.15) is 0 Å². The Bertz CT molecular complexity index is 564. The highest BCUT2D eigenvalue weighted by Gasteiger charge is 2.58. The lowest BCUT2D eigenvalue weighted by Crippen LogP contribution is -2.46. The molecule has 2 aliphatic rings. The van der Waals surface area contributed by atoms with Crippen LogP contribution in [-0.4, -0.2) is 22.9 Å². The summed E-state index contributed by atoms with van der Waals surface area (Å²) in [5.41, 5.74) is 1.90. The van der Waals surface area contributed by atoms with Gasteiger partial charge in [-0.1, -0.05) is 45.0 Å². The van der Waals surface area contributed by atoms with Crippen LogP contribution in [0, 0.1) is 0 Å². The molecule has 0 saturated carbocycles. The van der Waals surface area contributed by atoms with E-state index >= 15 is 0 Å². The molecule has 0 aromatic heterocycles. The largest absolute Gasteiger partial charge is 0.439 e. The molecule has 4 nitrogen and oxygen atoms in total. The Kier molecular flexibility index (Phi) is 2.46. The fourth-order valence-corrected chi connectivity index (χ4v) is 3.33. The van der Waals surface area contributed by atoms with Crippen molar-refractivity contribution in [2.45, 2.75) is 44.8 Å². The van der Waals surface area contributed by atoms with Crippen molar-refractivity contribution < 1.29 is 14.3 Å². The number of imide groups is 1. The molecule has 1 aliphatic heterocycles. The van der Waals surface area contributed by atoms with Crippen molar-refractivity contribution >= 4 is 12.0 Å². The third kappa shape index (κ3) is 1.46. The Hall–Kier alpha value is -1.84. The fraction of sp³-hybridized carbons (Fsp3) is 0.467. The van der Waals surface area contributed by atoms with E-state index in [9.17, 15) is 9.59 Å². The van der Waals surface area contributed by atoms with Gasteiger partial charge in [0, 0.05) is 11.8 Å². The number of ether oxygens (including phenoxy) is 1. The lowest BCUT2D eigenvalue weighted by atomic mass is 9.82. The van der Waals surface area contributed by atoms with Gasteiger partial charge in [-0.25, -0.2) is 9.69 Å². The number of fused-ring (bicyclic) bond motifs is 3. The Morgan fingerprint density at radius 2 is 2.05 bits per heavy atom. The summed E-state index contributed by atoms with van der Waals surface area (Å²) in [6, 6.07) is 7.72. The molecule has 3 rings (SSSR count). The third-order valence-electron chi connectivity index (χ3n) is 4.26. The van der Waals surface area contributed by atoms with Gasteiger partial charge in [-0.15, -0.1) is 0 Å². The summed E-state index contributed by atoms with van der Waals surface area (Å²) in [5, 5.41) is 0. The first kappa shape index (κ1) is 12.2. The van der Waals surface area contributed by atoms with Crippen LogP contribution >= 0.6 is 0 Å². The van der Waals surface area contributed by atoms with Crippen molar-refractivity contribution in [3.8, 4) is 0 Å². The normalized spacial score (nSPS) is 26.9. The molecule has 0 radical (unpaired) electrons. The minimum Gasteiger partial charge on any atom is -0.439 e. The number of hydrogen-bond donors (Lipinski definition) is 0. The molecule has 1 heterocycles. The Balaban J connectivity index is 2.12. The van der Waals surface area contributed by atoms with Gasteiger partial charge in [0.25, 0.3) is 0 Å².